The van der Waals surface area contributed by atoms with Crippen molar-refractivity contribution < 1.29 is 13.2 Å². The third-order valence-electron chi connectivity index (χ3n) is 2.77. The van der Waals surface area contributed by atoms with E-state index in [-0.39, 0.29) is 4.90 Å². The number of aromatic nitrogens is 1. The zero-order chi connectivity index (χ0) is 13.3. The summed E-state index contributed by atoms with van der Waals surface area (Å²) in [4.78, 5) is 10.9. The molecule has 2 aromatic rings. The minimum Gasteiger partial charge on any atom is -0.298 e. The summed E-state index contributed by atoms with van der Waals surface area (Å²) in [7, 11) is -3.61. The van der Waals surface area contributed by atoms with Gasteiger partial charge in [0.25, 0.3) is 10.0 Å². The lowest BCUT2D eigenvalue weighted by atomic mass is 10.2. The van der Waals surface area contributed by atoms with Crippen molar-refractivity contribution in [2.75, 3.05) is 0 Å². The van der Waals surface area contributed by atoms with Crippen LogP contribution in [0.2, 0.25) is 0 Å². The van der Waals surface area contributed by atoms with Gasteiger partial charge >= 0.3 is 0 Å². The first-order valence-corrected chi connectivity index (χ1v) is 6.85. The Kier molecular flexibility index (Phi) is 3.09. The summed E-state index contributed by atoms with van der Waals surface area (Å²) in [6.45, 7) is 3.59. The van der Waals surface area contributed by atoms with Crippen LogP contribution in [0.3, 0.4) is 0 Å². The van der Waals surface area contributed by atoms with Gasteiger partial charge in [0.15, 0.2) is 6.29 Å². The summed E-state index contributed by atoms with van der Waals surface area (Å²) in [5.74, 6) is 0. The zero-order valence-corrected chi connectivity index (χ0v) is 10.9. The monoisotopic (exact) mass is 263 g/mol. The Morgan fingerprint density at radius 3 is 2.17 bits per heavy atom. The first-order valence-electron chi connectivity index (χ1n) is 5.41. The minimum absolute atomic E-state index is 0.209. The Labute approximate surface area is 106 Å². The number of nitrogens with zero attached hydrogens (tertiary/aromatic N) is 1. The van der Waals surface area contributed by atoms with E-state index in [1.807, 2.05) is 6.92 Å². The average molecular weight is 263 g/mol. The number of aryl methyl sites for hydroxylation is 2. The van der Waals surface area contributed by atoms with Crippen molar-refractivity contribution >= 4 is 16.3 Å². The Bertz CT molecular complexity index is 682. The molecule has 1 aromatic heterocycles. The molecule has 0 fully saturated rings. The van der Waals surface area contributed by atoms with Crippen LogP contribution < -0.4 is 0 Å². The average Bonchev–Trinajstić information content (AvgIpc) is 2.72. The van der Waals surface area contributed by atoms with E-state index in [9.17, 15) is 13.2 Å². The number of benzene rings is 1. The van der Waals surface area contributed by atoms with E-state index >= 15 is 0 Å². The van der Waals surface area contributed by atoms with Crippen LogP contribution in [0.15, 0.2) is 41.6 Å². The van der Waals surface area contributed by atoms with E-state index in [1.165, 1.54) is 12.4 Å². The highest BCUT2D eigenvalue weighted by molar-refractivity contribution is 7.90. The number of hydrogen-bond donors (Lipinski definition) is 0. The van der Waals surface area contributed by atoms with E-state index < -0.39 is 10.0 Å². The number of hydrogen-bond acceptors (Lipinski definition) is 3. The second-order valence-electron chi connectivity index (χ2n) is 4.16. The van der Waals surface area contributed by atoms with Crippen LogP contribution in [-0.4, -0.2) is 18.7 Å². The van der Waals surface area contributed by atoms with E-state index in [0.29, 0.717) is 17.4 Å². The van der Waals surface area contributed by atoms with Gasteiger partial charge in [0.2, 0.25) is 0 Å². The van der Waals surface area contributed by atoms with Gasteiger partial charge in [0, 0.05) is 18.0 Å². The molecule has 0 radical (unpaired) electrons. The lowest BCUT2D eigenvalue weighted by molar-refractivity contribution is 0.112. The molecule has 0 bridgehead atoms. The van der Waals surface area contributed by atoms with Crippen molar-refractivity contribution in [2.24, 2.45) is 0 Å². The van der Waals surface area contributed by atoms with Gasteiger partial charge in [-0.05, 0) is 31.5 Å². The van der Waals surface area contributed by atoms with Crippen LogP contribution >= 0.6 is 0 Å². The van der Waals surface area contributed by atoms with Crippen LogP contribution in [0.1, 0.15) is 21.5 Å². The van der Waals surface area contributed by atoms with Crippen LogP contribution in [0, 0.1) is 13.8 Å². The predicted molar refractivity (Wildman–Crippen MR) is 68.3 cm³/mol. The van der Waals surface area contributed by atoms with Crippen LogP contribution in [0.5, 0.6) is 0 Å². The molecule has 0 atom stereocenters. The maximum Gasteiger partial charge on any atom is 0.267 e. The molecule has 0 aliphatic rings. The smallest absolute Gasteiger partial charge is 0.267 e. The SMILES string of the molecule is Cc1ccc(S(=O)(=O)n2cc(C)c(C=O)c2)cc1. The standard InChI is InChI=1S/C13H13NO3S/c1-10-3-5-13(6-4-10)18(16,17)14-7-11(2)12(8-14)9-15/h3-9H,1-2H3. The highest BCUT2D eigenvalue weighted by Crippen LogP contribution is 2.17. The molecule has 18 heavy (non-hydrogen) atoms. The fourth-order valence-corrected chi connectivity index (χ4v) is 2.91. The molecule has 1 heterocycles. The molecule has 4 nitrogen and oxygen atoms in total. The van der Waals surface area contributed by atoms with Crippen molar-refractivity contribution in [3.63, 3.8) is 0 Å². The maximum absolute atomic E-state index is 12.3. The Balaban J connectivity index is 2.54. The second-order valence-corrected chi connectivity index (χ2v) is 6.01. The van der Waals surface area contributed by atoms with Crippen molar-refractivity contribution in [1.82, 2.24) is 3.97 Å². The van der Waals surface area contributed by atoms with E-state index in [0.717, 1.165) is 9.54 Å². The molecular weight excluding hydrogens is 250 g/mol. The minimum atomic E-state index is -3.61. The van der Waals surface area contributed by atoms with E-state index in [2.05, 4.69) is 0 Å². The lowest BCUT2D eigenvalue weighted by Gasteiger charge is -2.05. The molecule has 1 aromatic carbocycles. The third-order valence-corrected chi connectivity index (χ3v) is 4.40. The van der Waals surface area contributed by atoms with Gasteiger partial charge in [-0.2, -0.15) is 0 Å². The van der Waals surface area contributed by atoms with Gasteiger partial charge in [-0.1, -0.05) is 17.7 Å². The van der Waals surface area contributed by atoms with Gasteiger partial charge in [0.05, 0.1) is 4.90 Å². The lowest BCUT2D eigenvalue weighted by Crippen LogP contribution is -2.10. The molecule has 0 aliphatic heterocycles. The Morgan fingerprint density at radius 2 is 1.67 bits per heavy atom. The Morgan fingerprint density at radius 1 is 1.06 bits per heavy atom. The summed E-state index contributed by atoms with van der Waals surface area (Å²) in [6.07, 6.45) is 3.42. The highest BCUT2D eigenvalue weighted by Gasteiger charge is 2.17. The van der Waals surface area contributed by atoms with Crippen molar-refractivity contribution in [2.45, 2.75) is 18.7 Å². The van der Waals surface area contributed by atoms with E-state index in [4.69, 9.17) is 0 Å². The largest absolute Gasteiger partial charge is 0.298 e. The first kappa shape index (κ1) is 12.6. The van der Waals surface area contributed by atoms with Crippen LogP contribution in [-0.2, 0) is 10.0 Å². The van der Waals surface area contributed by atoms with Crippen molar-refractivity contribution in [1.29, 1.82) is 0 Å². The summed E-state index contributed by atoms with van der Waals surface area (Å²) >= 11 is 0. The molecule has 0 N–H and O–H groups in total. The molecule has 0 saturated heterocycles. The number of carbonyl (C=O) groups is 1. The van der Waals surface area contributed by atoms with Gasteiger partial charge in [0.1, 0.15) is 0 Å². The normalized spacial score (nSPS) is 11.4. The third kappa shape index (κ3) is 2.09. The predicted octanol–water partition coefficient (Wildman–Crippen LogP) is 2.15. The number of aldehydes is 1. The molecular formula is C13H13NO3S. The summed E-state index contributed by atoms with van der Waals surface area (Å²) < 4.78 is 25.6. The second kappa shape index (κ2) is 4.42. The summed E-state index contributed by atoms with van der Waals surface area (Å²) in [5, 5.41) is 0. The molecule has 94 valence electrons. The van der Waals surface area contributed by atoms with Gasteiger partial charge in [-0.3, -0.25) is 4.79 Å². The quantitative estimate of drug-likeness (QED) is 0.797. The number of rotatable bonds is 3. The molecule has 2 rings (SSSR count). The fraction of sp³-hybridized carbons (Fsp3) is 0.154. The zero-order valence-electron chi connectivity index (χ0n) is 10.1. The van der Waals surface area contributed by atoms with E-state index in [1.54, 1.807) is 31.2 Å². The molecule has 5 heteroatoms. The summed E-state index contributed by atoms with van der Waals surface area (Å²) in [5.41, 5.74) is 2.01. The molecule has 0 unspecified atom stereocenters. The van der Waals surface area contributed by atoms with Crippen molar-refractivity contribution in [3.05, 3.63) is 53.3 Å². The van der Waals surface area contributed by atoms with Crippen LogP contribution in [0.4, 0.5) is 0 Å². The van der Waals surface area contributed by atoms with Crippen LogP contribution in [0.25, 0.3) is 0 Å². The fourth-order valence-electron chi connectivity index (χ4n) is 1.64. The molecule has 0 amide bonds. The van der Waals surface area contributed by atoms with Crippen molar-refractivity contribution in [3.8, 4) is 0 Å². The molecule has 0 saturated carbocycles. The first-order chi connectivity index (χ1) is 8.45. The van der Waals surface area contributed by atoms with Gasteiger partial charge in [-0.25, -0.2) is 12.4 Å². The van der Waals surface area contributed by atoms with Gasteiger partial charge < -0.3 is 0 Å². The topological polar surface area (TPSA) is 56.1 Å². The molecule has 0 aliphatic carbocycles. The number of carbonyl (C=O) groups excluding carboxylic acids is 1. The maximum atomic E-state index is 12.3. The van der Waals surface area contributed by atoms with Gasteiger partial charge in [-0.15, -0.1) is 0 Å². The summed E-state index contributed by atoms with van der Waals surface area (Å²) in [6, 6.07) is 6.59. The Hall–Kier alpha value is -1.88. The molecule has 0 spiro atoms. The highest BCUT2D eigenvalue weighted by atomic mass is 32.2.